The smallest absolute Gasteiger partial charge is 0.278 e. The molecule has 90 valence electrons. The Balaban J connectivity index is 2.23. The van der Waals surface area contributed by atoms with Crippen LogP contribution in [-0.4, -0.2) is 25.4 Å². The molecule has 0 saturated heterocycles. The fourth-order valence-corrected chi connectivity index (χ4v) is 1.34. The van der Waals surface area contributed by atoms with E-state index in [1.54, 1.807) is 0 Å². The highest BCUT2D eigenvalue weighted by atomic mass is 16.5. The highest BCUT2D eigenvalue weighted by molar-refractivity contribution is 5.44. The average Bonchev–Trinajstić information content (AvgIpc) is 2.80. The van der Waals surface area contributed by atoms with E-state index in [2.05, 4.69) is 20.3 Å². The molecule has 2 heterocycles. The molecule has 2 aromatic heterocycles. The Labute approximate surface area is 96.5 Å². The zero-order chi connectivity index (χ0) is 12.3. The lowest BCUT2D eigenvalue weighted by atomic mass is 10.2. The van der Waals surface area contributed by atoms with Crippen molar-refractivity contribution in [3.63, 3.8) is 0 Å². The summed E-state index contributed by atoms with van der Waals surface area (Å²) in [6.45, 7) is 1.95. The molecule has 1 unspecified atom stereocenters. The molecule has 0 saturated carbocycles. The van der Waals surface area contributed by atoms with E-state index in [9.17, 15) is 9.90 Å². The molecule has 2 rings (SSSR count). The van der Waals surface area contributed by atoms with Crippen molar-refractivity contribution >= 4 is 0 Å². The minimum Gasteiger partial charge on any atom is -0.385 e. The third-order valence-electron chi connectivity index (χ3n) is 2.20. The first-order valence-corrected chi connectivity index (χ1v) is 5.28. The Kier molecular flexibility index (Phi) is 3.29. The number of aliphatic hydroxyl groups excluding tert-OH is 1. The number of hydrogen-bond donors (Lipinski definition) is 2. The van der Waals surface area contributed by atoms with Crippen molar-refractivity contribution < 1.29 is 9.63 Å². The second-order valence-corrected chi connectivity index (χ2v) is 3.57. The van der Waals surface area contributed by atoms with Gasteiger partial charge in [-0.3, -0.25) is 4.79 Å². The van der Waals surface area contributed by atoms with E-state index in [0.717, 1.165) is 6.42 Å². The van der Waals surface area contributed by atoms with E-state index in [1.165, 1.54) is 12.1 Å². The van der Waals surface area contributed by atoms with E-state index in [4.69, 9.17) is 4.52 Å². The number of hydrogen-bond acceptors (Lipinski definition) is 6. The number of aromatic nitrogens is 4. The molecular weight excluding hydrogens is 224 g/mol. The first-order valence-electron chi connectivity index (χ1n) is 5.28. The molecule has 0 aliphatic rings. The molecule has 0 fully saturated rings. The Bertz CT molecular complexity index is 528. The fraction of sp³-hybridized carbons (Fsp3) is 0.400. The van der Waals surface area contributed by atoms with Crippen molar-refractivity contribution in [1.29, 1.82) is 0 Å². The molecule has 2 aromatic rings. The number of aliphatic hydroxyl groups is 1. The van der Waals surface area contributed by atoms with E-state index < -0.39 is 6.10 Å². The van der Waals surface area contributed by atoms with Gasteiger partial charge in [0.05, 0.1) is 0 Å². The van der Waals surface area contributed by atoms with Crippen LogP contribution in [0.25, 0.3) is 11.6 Å². The average molecular weight is 236 g/mol. The molecule has 0 bridgehead atoms. The summed E-state index contributed by atoms with van der Waals surface area (Å²) in [7, 11) is 0. The summed E-state index contributed by atoms with van der Waals surface area (Å²) in [5.74, 6) is 0.404. The summed E-state index contributed by atoms with van der Waals surface area (Å²) >= 11 is 0. The molecule has 0 radical (unpaired) electrons. The second-order valence-electron chi connectivity index (χ2n) is 3.57. The van der Waals surface area contributed by atoms with Crippen LogP contribution >= 0.6 is 0 Å². The molecule has 0 aromatic carbocycles. The molecule has 17 heavy (non-hydrogen) atoms. The third kappa shape index (κ3) is 2.56. The summed E-state index contributed by atoms with van der Waals surface area (Å²) < 4.78 is 4.95. The van der Waals surface area contributed by atoms with Crippen molar-refractivity contribution in [3.8, 4) is 11.6 Å². The van der Waals surface area contributed by atoms with Crippen LogP contribution in [0.3, 0.4) is 0 Å². The van der Waals surface area contributed by atoms with Gasteiger partial charge in [0, 0.05) is 6.07 Å². The van der Waals surface area contributed by atoms with Crippen LogP contribution in [0.4, 0.5) is 0 Å². The van der Waals surface area contributed by atoms with Gasteiger partial charge < -0.3 is 9.63 Å². The largest absolute Gasteiger partial charge is 0.385 e. The summed E-state index contributed by atoms with van der Waals surface area (Å²) in [6, 6.07) is 2.79. The predicted octanol–water partition coefficient (Wildman–Crippen LogP) is 0.653. The number of nitrogens with zero attached hydrogens (tertiary/aromatic N) is 3. The lowest BCUT2D eigenvalue weighted by Gasteiger charge is -2.01. The fourth-order valence-electron chi connectivity index (χ4n) is 1.34. The Hall–Kier alpha value is -2.02. The number of nitrogens with one attached hydrogen (secondary N) is 1. The van der Waals surface area contributed by atoms with E-state index in [-0.39, 0.29) is 17.3 Å². The molecular formula is C10H12N4O3. The topological polar surface area (TPSA) is 105 Å². The molecule has 0 amide bonds. The monoisotopic (exact) mass is 236 g/mol. The van der Waals surface area contributed by atoms with Crippen LogP contribution < -0.4 is 5.56 Å². The standard InChI is InChI=1S/C10H12N4O3/c1-2-3-7(15)9-11-10(17-14-9)6-4-5-8(16)13-12-6/h4-5,7,15H,2-3H2,1H3,(H,13,16). The van der Waals surface area contributed by atoms with Gasteiger partial charge in [0.2, 0.25) is 5.82 Å². The quantitative estimate of drug-likeness (QED) is 0.807. The SMILES string of the molecule is CCCC(O)c1noc(-c2ccc(=O)[nH]n2)n1. The first-order chi connectivity index (χ1) is 8.20. The lowest BCUT2D eigenvalue weighted by molar-refractivity contribution is 0.153. The Morgan fingerprint density at radius 3 is 3.00 bits per heavy atom. The van der Waals surface area contributed by atoms with Gasteiger partial charge in [-0.05, 0) is 12.5 Å². The maximum Gasteiger partial charge on any atom is 0.278 e. The molecule has 7 heteroatoms. The van der Waals surface area contributed by atoms with Crippen LogP contribution in [0, 0.1) is 0 Å². The maximum atomic E-state index is 10.8. The van der Waals surface area contributed by atoms with Crippen LogP contribution in [0.1, 0.15) is 31.7 Å². The van der Waals surface area contributed by atoms with Gasteiger partial charge in [-0.15, -0.1) is 0 Å². The molecule has 0 spiro atoms. The Morgan fingerprint density at radius 2 is 2.35 bits per heavy atom. The molecule has 7 nitrogen and oxygen atoms in total. The maximum absolute atomic E-state index is 10.8. The summed E-state index contributed by atoms with van der Waals surface area (Å²) in [5, 5.41) is 19.3. The van der Waals surface area contributed by atoms with Gasteiger partial charge in [0.25, 0.3) is 11.4 Å². The molecule has 0 aliphatic heterocycles. The van der Waals surface area contributed by atoms with Gasteiger partial charge in [-0.1, -0.05) is 18.5 Å². The van der Waals surface area contributed by atoms with Crippen molar-refractivity contribution in [2.45, 2.75) is 25.9 Å². The van der Waals surface area contributed by atoms with Gasteiger partial charge in [0.15, 0.2) is 0 Å². The van der Waals surface area contributed by atoms with Gasteiger partial charge in [-0.25, -0.2) is 5.10 Å². The van der Waals surface area contributed by atoms with E-state index in [0.29, 0.717) is 12.1 Å². The zero-order valence-corrected chi connectivity index (χ0v) is 9.25. The van der Waals surface area contributed by atoms with E-state index >= 15 is 0 Å². The summed E-state index contributed by atoms with van der Waals surface area (Å²) in [4.78, 5) is 14.8. The molecule has 0 aliphatic carbocycles. The van der Waals surface area contributed by atoms with Crippen LogP contribution in [0.5, 0.6) is 0 Å². The molecule has 2 N–H and O–H groups in total. The minimum absolute atomic E-state index is 0.173. The van der Waals surface area contributed by atoms with Gasteiger partial charge in [0.1, 0.15) is 11.8 Å². The first kappa shape index (κ1) is 11.5. The van der Waals surface area contributed by atoms with Crippen molar-refractivity contribution in [2.24, 2.45) is 0 Å². The van der Waals surface area contributed by atoms with Gasteiger partial charge >= 0.3 is 0 Å². The van der Waals surface area contributed by atoms with Crippen LogP contribution in [-0.2, 0) is 0 Å². The highest BCUT2D eigenvalue weighted by Crippen LogP contribution is 2.18. The van der Waals surface area contributed by atoms with Gasteiger partial charge in [-0.2, -0.15) is 10.1 Å². The highest BCUT2D eigenvalue weighted by Gasteiger charge is 2.16. The molecule has 1 atom stereocenters. The van der Waals surface area contributed by atoms with Crippen molar-refractivity contribution in [2.75, 3.05) is 0 Å². The van der Waals surface area contributed by atoms with Crippen LogP contribution in [0.15, 0.2) is 21.5 Å². The van der Waals surface area contributed by atoms with E-state index in [1.807, 2.05) is 6.92 Å². The second kappa shape index (κ2) is 4.88. The van der Waals surface area contributed by atoms with Crippen LogP contribution in [0.2, 0.25) is 0 Å². The lowest BCUT2D eigenvalue weighted by Crippen LogP contribution is -2.05. The van der Waals surface area contributed by atoms with Crippen molar-refractivity contribution in [3.05, 3.63) is 28.3 Å². The predicted molar refractivity (Wildman–Crippen MR) is 58.0 cm³/mol. The zero-order valence-electron chi connectivity index (χ0n) is 9.25. The number of rotatable bonds is 4. The normalized spacial score (nSPS) is 12.6. The number of H-pyrrole nitrogens is 1. The number of aromatic amines is 1. The summed E-state index contributed by atoms with van der Waals surface area (Å²) in [6.07, 6.45) is 0.653. The van der Waals surface area contributed by atoms with Crippen molar-refractivity contribution in [1.82, 2.24) is 20.3 Å². The Morgan fingerprint density at radius 1 is 1.53 bits per heavy atom. The summed E-state index contributed by atoms with van der Waals surface area (Å²) in [5.41, 5.74) is 0.0616. The third-order valence-corrected chi connectivity index (χ3v) is 2.20. The minimum atomic E-state index is -0.736.